The molecule has 8 nitrogen and oxygen atoms in total. The minimum atomic E-state index is 0.0564. The molecule has 0 spiro atoms. The second kappa shape index (κ2) is 9.24. The lowest BCUT2D eigenvalue weighted by molar-refractivity contribution is 0.315. The van der Waals surface area contributed by atoms with Crippen LogP contribution in [0.2, 0.25) is 0 Å². The topological polar surface area (TPSA) is 93.9 Å². The number of hydrogen-bond donors (Lipinski definition) is 2. The van der Waals surface area contributed by atoms with Crippen molar-refractivity contribution in [3.05, 3.63) is 46.7 Å². The first-order valence-corrected chi connectivity index (χ1v) is 9.38. The molecule has 0 saturated carbocycles. The number of phenols is 1. The third-order valence-electron chi connectivity index (χ3n) is 4.09. The van der Waals surface area contributed by atoms with Gasteiger partial charge in [-0.15, -0.1) is 0 Å². The van der Waals surface area contributed by atoms with Gasteiger partial charge in [0.15, 0.2) is 5.82 Å². The average molecular weight is 414 g/mol. The maximum absolute atomic E-state index is 10.3. The van der Waals surface area contributed by atoms with Crippen molar-refractivity contribution in [2.75, 3.05) is 20.8 Å². The van der Waals surface area contributed by atoms with Crippen molar-refractivity contribution in [1.82, 2.24) is 14.9 Å². The van der Waals surface area contributed by atoms with E-state index in [1.165, 1.54) is 10.9 Å². The van der Waals surface area contributed by atoms with Crippen molar-refractivity contribution in [2.24, 2.45) is 5.10 Å². The molecular weight excluding hydrogens is 392 g/mol. The van der Waals surface area contributed by atoms with Crippen LogP contribution in [0.5, 0.6) is 23.0 Å². The summed E-state index contributed by atoms with van der Waals surface area (Å²) in [6, 6.07) is 10.4. The normalized spacial score (nSPS) is 11.0. The van der Waals surface area contributed by atoms with Gasteiger partial charge >= 0.3 is 0 Å². The van der Waals surface area contributed by atoms with E-state index in [4.69, 9.17) is 26.4 Å². The van der Waals surface area contributed by atoms with Gasteiger partial charge in [-0.05, 0) is 42.9 Å². The van der Waals surface area contributed by atoms with Crippen molar-refractivity contribution < 1.29 is 19.3 Å². The summed E-state index contributed by atoms with van der Waals surface area (Å²) >= 11 is 5.30. The number of nitrogens with zero attached hydrogens (tertiary/aromatic N) is 3. The third kappa shape index (κ3) is 4.57. The Labute approximate surface area is 173 Å². The molecule has 2 N–H and O–H groups in total. The summed E-state index contributed by atoms with van der Waals surface area (Å²) in [4.78, 5) is 0. The van der Waals surface area contributed by atoms with Crippen molar-refractivity contribution in [1.29, 1.82) is 0 Å². The zero-order chi connectivity index (χ0) is 20.8. The highest BCUT2D eigenvalue weighted by atomic mass is 32.1. The van der Waals surface area contributed by atoms with Gasteiger partial charge < -0.3 is 19.3 Å². The number of ether oxygens (including phenoxy) is 3. The Morgan fingerprint density at radius 3 is 2.66 bits per heavy atom. The maximum Gasteiger partial charge on any atom is 0.216 e. The number of aromatic hydroxyl groups is 1. The number of H-pyrrole nitrogens is 1. The molecule has 0 saturated heterocycles. The molecule has 0 aliphatic carbocycles. The van der Waals surface area contributed by atoms with Crippen molar-refractivity contribution >= 4 is 18.4 Å². The van der Waals surface area contributed by atoms with Crippen molar-refractivity contribution in [3.8, 4) is 34.4 Å². The van der Waals surface area contributed by atoms with Gasteiger partial charge in [-0.1, -0.05) is 6.92 Å². The van der Waals surface area contributed by atoms with Crippen LogP contribution in [0, 0.1) is 4.77 Å². The standard InChI is InChI=1S/C20H22N4O4S/c1-4-9-28-15-6-5-13(17(25)10-15)12-21-24-19(22-23-20(24)29)16-8-7-14(26-2)11-18(16)27-3/h5-8,10-12,25H,4,9H2,1-3H3,(H,23,29)/b21-12+. The third-order valence-corrected chi connectivity index (χ3v) is 4.35. The molecule has 0 amide bonds. The molecule has 1 aromatic heterocycles. The second-order valence-corrected chi connectivity index (χ2v) is 6.43. The molecule has 0 bridgehead atoms. The highest BCUT2D eigenvalue weighted by Crippen LogP contribution is 2.32. The molecule has 3 rings (SSSR count). The number of methoxy groups -OCH3 is 2. The van der Waals surface area contributed by atoms with E-state index in [0.29, 0.717) is 45.6 Å². The molecule has 9 heteroatoms. The van der Waals surface area contributed by atoms with Crippen LogP contribution in [-0.4, -0.2) is 47.0 Å². The van der Waals surface area contributed by atoms with E-state index in [1.807, 2.05) is 13.0 Å². The fourth-order valence-electron chi connectivity index (χ4n) is 2.62. The minimum Gasteiger partial charge on any atom is -0.507 e. The Morgan fingerprint density at radius 1 is 1.17 bits per heavy atom. The largest absolute Gasteiger partial charge is 0.507 e. The van der Waals surface area contributed by atoms with Gasteiger partial charge in [-0.2, -0.15) is 14.9 Å². The van der Waals surface area contributed by atoms with E-state index in [0.717, 1.165) is 6.42 Å². The van der Waals surface area contributed by atoms with Gasteiger partial charge in [0.05, 0.1) is 32.6 Å². The van der Waals surface area contributed by atoms with Crippen LogP contribution in [0.15, 0.2) is 41.5 Å². The molecule has 29 heavy (non-hydrogen) atoms. The number of phenolic OH excluding ortho intramolecular Hbond substituents is 1. The molecule has 3 aromatic rings. The smallest absolute Gasteiger partial charge is 0.216 e. The highest BCUT2D eigenvalue weighted by molar-refractivity contribution is 7.71. The van der Waals surface area contributed by atoms with Crippen LogP contribution in [-0.2, 0) is 0 Å². The summed E-state index contributed by atoms with van der Waals surface area (Å²) in [6.45, 7) is 2.61. The van der Waals surface area contributed by atoms with Gasteiger partial charge in [0.1, 0.15) is 23.0 Å². The summed E-state index contributed by atoms with van der Waals surface area (Å²) in [6.07, 6.45) is 2.39. The summed E-state index contributed by atoms with van der Waals surface area (Å²) in [7, 11) is 3.15. The summed E-state index contributed by atoms with van der Waals surface area (Å²) in [5.74, 6) is 2.35. The summed E-state index contributed by atoms with van der Waals surface area (Å²) in [5, 5.41) is 21.6. The number of aromatic nitrogens is 3. The lowest BCUT2D eigenvalue weighted by Crippen LogP contribution is -1.98. The van der Waals surface area contributed by atoms with E-state index in [-0.39, 0.29) is 5.75 Å². The van der Waals surface area contributed by atoms with Crippen LogP contribution in [0.3, 0.4) is 0 Å². The molecular formula is C20H22N4O4S. The molecule has 2 aromatic carbocycles. The number of nitrogens with one attached hydrogen (secondary N) is 1. The quantitative estimate of drug-likeness (QED) is 0.427. The first-order valence-electron chi connectivity index (χ1n) is 8.97. The minimum absolute atomic E-state index is 0.0564. The number of benzene rings is 2. The van der Waals surface area contributed by atoms with E-state index in [2.05, 4.69) is 15.3 Å². The first kappa shape index (κ1) is 20.4. The van der Waals surface area contributed by atoms with Crippen LogP contribution in [0.4, 0.5) is 0 Å². The zero-order valence-corrected chi connectivity index (χ0v) is 17.2. The number of rotatable bonds is 8. The Bertz CT molecular complexity index is 1070. The molecule has 0 aliphatic heterocycles. The van der Waals surface area contributed by atoms with Crippen molar-refractivity contribution in [2.45, 2.75) is 13.3 Å². The van der Waals surface area contributed by atoms with E-state index < -0.39 is 0 Å². The number of hydrogen-bond acceptors (Lipinski definition) is 7. The lowest BCUT2D eigenvalue weighted by atomic mass is 10.2. The zero-order valence-electron chi connectivity index (χ0n) is 16.4. The van der Waals surface area contributed by atoms with Gasteiger partial charge in [-0.3, -0.25) is 0 Å². The Balaban J connectivity index is 1.94. The van der Waals surface area contributed by atoms with Crippen LogP contribution in [0.25, 0.3) is 11.4 Å². The predicted molar refractivity (Wildman–Crippen MR) is 113 cm³/mol. The van der Waals surface area contributed by atoms with Crippen LogP contribution >= 0.6 is 12.2 Å². The Hall–Kier alpha value is -3.33. The molecule has 0 aliphatic rings. The number of aromatic amines is 1. The van der Waals surface area contributed by atoms with E-state index >= 15 is 0 Å². The monoisotopic (exact) mass is 414 g/mol. The maximum atomic E-state index is 10.3. The van der Waals surface area contributed by atoms with Crippen LogP contribution < -0.4 is 14.2 Å². The van der Waals surface area contributed by atoms with Gasteiger partial charge in [-0.25, -0.2) is 5.10 Å². The average Bonchev–Trinajstić information content (AvgIpc) is 3.11. The van der Waals surface area contributed by atoms with E-state index in [9.17, 15) is 5.11 Å². The molecule has 0 fully saturated rings. The van der Waals surface area contributed by atoms with Crippen LogP contribution in [0.1, 0.15) is 18.9 Å². The second-order valence-electron chi connectivity index (χ2n) is 6.04. The highest BCUT2D eigenvalue weighted by Gasteiger charge is 2.14. The Kier molecular flexibility index (Phi) is 6.50. The fraction of sp³-hybridized carbons (Fsp3) is 0.250. The van der Waals surface area contributed by atoms with Gasteiger partial charge in [0, 0.05) is 17.7 Å². The summed E-state index contributed by atoms with van der Waals surface area (Å²) < 4.78 is 18.0. The molecule has 1 heterocycles. The predicted octanol–water partition coefficient (Wildman–Crippen LogP) is 4.00. The van der Waals surface area contributed by atoms with Crippen molar-refractivity contribution in [3.63, 3.8) is 0 Å². The molecule has 0 unspecified atom stereocenters. The Morgan fingerprint density at radius 2 is 1.97 bits per heavy atom. The van der Waals surface area contributed by atoms with Gasteiger partial charge in [0.25, 0.3) is 0 Å². The lowest BCUT2D eigenvalue weighted by Gasteiger charge is -2.09. The molecule has 152 valence electrons. The molecule has 0 radical (unpaired) electrons. The SMILES string of the molecule is CCCOc1ccc(/C=N/n2c(-c3ccc(OC)cc3OC)n[nH]c2=S)c(O)c1. The first-order chi connectivity index (χ1) is 14.1. The van der Waals surface area contributed by atoms with E-state index in [1.54, 1.807) is 44.6 Å². The van der Waals surface area contributed by atoms with Gasteiger partial charge in [0.2, 0.25) is 4.77 Å². The fourth-order valence-corrected chi connectivity index (χ4v) is 2.80. The summed E-state index contributed by atoms with van der Waals surface area (Å²) in [5.41, 5.74) is 1.20. The molecule has 0 atom stereocenters.